The second kappa shape index (κ2) is 7.03. The summed E-state index contributed by atoms with van der Waals surface area (Å²) in [5.41, 5.74) is 0.435. The third-order valence-electron chi connectivity index (χ3n) is 4.99. The van der Waals surface area contributed by atoms with Gasteiger partial charge in [-0.1, -0.05) is 24.6 Å². The predicted octanol–water partition coefficient (Wildman–Crippen LogP) is 3.73. The van der Waals surface area contributed by atoms with Crippen molar-refractivity contribution in [3.8, 4) is 0 Å². The van der Waals surface area contributed by atoms with Crippen LogP contribution in [0.25, 0.3) is 0 Å². The summed E-state index contributed by atoms with van der Waals surface area (Å²) < 4.78 is 13.2. The number of carbonyl (C=O) groups is 1. The third kappa shape index (κ3) is 3.23. The first-order valence-corrected chi connectivity index (χ1v) is 9.15. The molecule has 24 heavy (non-hydrogen) atoms. The highest BCUT2D eigenvalue weighted by molar-refractivity contribution is 7.10. The largest absolute Gasteiger partial charge is 0.353 e. The highest BCUT2D eigenvalue weighted by Gasteiger charge is 2.45. The van der Waals surface area contributed by atoms with Crippen LogP contribution >= 0.6 is 11.3 Å². The van der Waals surface area contributed by atoms with Crippen molar-refractivity contribution in [2.75, 3.05) is 20.6 Å². The number of thiophene rings is 1. The number of nitrogens with one attached hydrogen (secondary N) is 1. The Morgan fingerprint density at radius 2 is 2.00 bits per heavy atom. The Bertz CT molecular complexity index is 678. The lowest BCUT2D eigenvalue weighted by molar-refractivity contribution is -0.130. The van der Waals surface area contributed by atoms with Crippen molar-refractivity contribution in [3.05, 3.63) is 58.0 Å². The Kier molecular flexibility index (Phi) is 5.01. The van der Waals surface area contributed by atoms with Crippen LogP contribution in [0.5, 0.6) is 0 Å². The van der Waals surface area contributed by atoms with Crippen molar-refractivity contribution in [1.29, 1.82) is 0 Å². The van der Waals surface area contributed by atoms with E-state index in [0.29, 0.717) is 6.54 Å². The van der Waals surface area contributed by atoms with E-state index in [0.717, 1.165) is 24.8 Å². The number of amides is 1. The molecule has 1 saturated carbocycles. The van der Waals surface area contributed by atoms with Gasteiger partial charge in [-0.25, -0.2) is 4.39 Å². The van der Waals surface area contributed by atoms with E-state index in [4.69, 9.17) is 0 Å². The topological polar surface area (TPSA) is 32.3 Å². The van der Waals surface area contributed by atoms with Gasteiger partial charge in [-0.15, -0.1) is 11.3 Å². The average Bonchev–Trinajstić information content (AvgIpc) is 3.02. The second-order valence-corrected chi connectivity index (χ2v) is 7.63. The van der Waals surface area contributed by atoms with Crippen LogP contribution in [0.4, 0.5) is 4.39 Å². The van der Waals surface area contributed by atoms with Crippen LogP contribution in [-0.2, 0) is 10.2 Å². The lowest BCUT2D eigenvalue weighted by Crippen LogP contribution is -2.50. The number of nitrogens with zero attached hydrogens (tertiary/aromatic N) is 1. The molecule has 2 aromatic rings. The molecular weight excluding hydrogens is 323 g/mol. The molecule has 1 aliphatic rings. The molecule has 0 aliphatic heterocycles. The zero-order chi connectivity index (χ0) is 17.2. The quantitative estimate of drug-likeness (QED) is 0.864. The number of hydrogen-bond donors (Lipinski definition) is 1. The Balaban J connectivity index is 1.72. The number of hydrogen-bond acceptors (Lipinski definition) is 3. The smallest absolute Gasteiger partial charge is 0.230 e. The van der Waals surface area contributed by atoms with Crippen molar-refractivity contribution >= 4 is 17.2 Å². The van der Waals surface area contributed by atoms with Crippen molar-refractivity contribution in [2.24, 2.45) is 0 Å². The molecule has 0 radical (unpaired) electrons. The van der Waals surface area contributed by atoms with Crippen LogP contribution in [-0.4, -0.2) is 31.4 Å². The predicted molar refractivity (Wildman–Crippen MR) is 95.7 cm³/mol. The minimum absolute atomic E-state index is 0.0590. The Morgan fingerprint density at radius 1 is 1.29 bits per heavy atom. The van der Waals surface area contributed by atoms with E-state index < -0.39 is 5.41 Å². The maximum Gasteiger partial charge on any atom is 0.230 e. The number of benzene rings is 1. The fraction of sp³-hybridized carbons (Fsp3) is 0.421. The maximum atomic E-state index is 13.2. The van der Waals surface area contributed by atoms with Crippen LogP contribution < -0.4 is 5.32 Å². The summed E-state index contributed by atoms with van der Waals surface area (Å²) in [4.78, 5) is 16.3. The van der Waals surface area contributed by atoms with Gasteiger partial charge < -0.3 is 10.2 Å². The van der Waals surface area contributed by atoms with Gasteiger partial charge in [-0.2, -0.15) is 0 Å². The Morgan fingerprint density at radius 3 is 2.50 bits per heavy atom. The van der Waals surface area contributed by atoms with Crippen molar-refractivity contribution in [1.82, 2.24) is 10.2 Å². The molecule has 1 unspecified atom stereocenters. The van der Waals surface area contributed by atoms with Gasteiger partial charge in [0.25, 0.3) is 0 Å². The third-order valence-corrected chi connectivity index (χ3v) is 5.96. The summed E-state index contributed by atoms with van der Waals surface area (Å²) in [5, 5.41) is 5.20. The summed E-state index contributed by atoms with van der Waals surface area (Å²) in [6, 6.07) is 10.7. The first-order valence-electron chi connectivity index (χ1n) is 8.27. The molecule has 1 aliphatic carbocycles. The summed E-state index contributed by atoms with van der Waals surface area (Å²) >= 11 is 1.70. The first-order chi connectivity index (χ1) is 11.5. The lowest BCUT2D eigenvalue weighted by atomic mass is 9.64. The van der Waals surface area contributed by atoms with E-state index in [-0.39, 0.29) is 17.8 Å². The monoisotopic (exact) mass is 346 g/mol. The van der Waals surface area contributed by atoms with Crippen molar-refractivity contribution in [2.45, 2.75) is 30.7 Å². The van der Waals surface area contributed by atoms with E-state index >= 15 is 0 Å². The molecule has 1 aromatic heterocycles. The minimum atomic E-state index is -0.486. The van der Waals surface area contributed by atoms with Gasteiger partial charge in [-0.3, -0.25) is 4.79 Å². The van der Waals surface area contributed by atoms with Gasteiger partial charge in [0.15, 0.2) is 0 Å². The number of rotatable bonds is 6. The van der Waals surface area contributed by atoms with Gasteiger partial charge in [0.05, 0.1) is 11.5 Å². The zero-order valence-electron chi connectivity index (χ0n) is 14.1. The zero-order valence-corrected chi connectivity index (χ0v) is 14.9. The Hall–Kier alpha value is -1.72. The number of halogens is 1. The molecule has 1 aromatic carbocycles. The molecule has 0 spiro atoms. The SMILES string of the molecule is CN(C)C(CNC(=O)C1(c2ccc(F)cc2)CCC1)c1cccs1. The molecule has 1 fully saturated rings. The molecule has 1 atom stereocenters. The number of carbonyl (C=O) groups excluding carboxylic acids is 1. The molecule has 0 bridgehead atoms. The van der Waals surface area contributed by atoms with Gasteiger partial charge in [0, 0.05) is 11.4 Å². The summed E-state index contributed by atoms with van der Waals surface area (Å²) in [5.74, 6) is -0.206. The summed E-state index contributed by atoms with van der Waals surface area (Å²) in [7, 11) is 4.05. The van der Waals surface area contributed by atoms with E-state index in [9.17, 15) is 9.18 Å². The number of likely N-dealkylation sites (N-methyl/N-ethyl adjacent to an activating group) is 1. The maximum absolute atomic E-state index is 13.2. The van der Waals surface area contributed by atoms with Gasteiger partial charge in [-0.05, 0) is 56.1 Å². The highest BCUT2D eigenvalue weighted by Crippen LogP contribution is 2.44. The molecule has 3 nitrogen and oxygen atoms in total. The van der Waals surface area contributed by atoms with Crippen LogP contribution in [0.1, 0.15) is 35.7 Å². The van der Waals surface area contributed by atoms with Gasteiger partial charge in [0.2, 0.25) is 5.91 Å². The van der Waals surface area contributed by atoms with E-state index in [1.54, 1.807) is 23.5 Å². The molecule has 1 heterocycles. The molecular formula is C19H23FN2OS. The lowest BCUT2D eigenvalue weighted by Gasteiger charge is -2.41. The molecule has 128 valence electrons. The second-order valence-electron chi connectivity index (χ2n) is 6.65. The molecule has 3 rings (SSSR count). The molecule has 1 amide bonds. The summed E-state index contributed by atoms with van der Waals surface area (Å²) in [6.45, 7) is 0.579. The molecule has 5 heteroatoms. The standard InChI is InChI=1S/C19H23FN2OS/c1-22(2)16(17-5-3-12-24-17)13-21-18(23)19(10-4-11-19)14-6-8-15(20)9-7-14/h3,5-9,12,16H,4,10-11,13H2,1-2H3,(H,21,23). The fourth-order valence-electron chi connectivity index (χ4n) is 3.32. The van der Waals surface area contributed by atoms with Crippen molar-refractivity contribution < 1.29 is 9.18 Å². The van der Waals surface area contributed by atoms with E-state index in [1.807, 2.05) is 20.2 Å². The van der Waals surface area contributed by atoms with E-state index in [2.05, 4.69) is 21.7 Å². The fourth-order valence-corrected chi connectivity index (χ4v) is 4.25. The highest BCUT2D eigenvalue weighted by atomic mass is 32.1. The van der Waals surface area contributed by atoms with E-state index in [1.165, 1.54) is 17.0 Å². The minimum Gasteiger partial charge on any atom is -0.353 e. The van der Waals surface area contributed by atoms with Crippen LogP contribution in [0.3, 0.4) is 0 Å². The van der Waals surface area contributed by atoms with Crippen molar-refractivity contribution in [3.63, 3.8) is 0 Å². The average molecular weight is 346 g/mol. The van der Waals surface area contributed by atoms with Crippen LogP contribution in [0.2, 0.25) is 0 Å². The first kappa shape index (κ1) is 17.1. The Labute approximate surface area is 146 Å². The normalized spacial score (nSPS) is 17.3. The molecule has 1 N–H and O–H groups in total. The summed E-state index contributed by atoms with van der Waals surface area (Å²) in [6.07, 6.45) is 2.69. The van der Waals surface area contributed by atoms with Gasteiger partial charge >= 0.3 is 0 Å². The molecule has 0 saturated heterocycles. The van der Waals surface area contributed by atoms with Crippen LogP contribution in [0, 0.1) is 5.82 Å². The van der Waals surface area contributed by atoms with Crippen LogP contribution in [0.15, 0.2) is 41.8 Å². The van der Waals surface area contributed by atoms with Gasteiger partial charge in [0.1, 0.15) is 5.82 Å².